The predicted molar refractivity (Wildman–Crippen MR) is 67.6 cm³/mol. The molecule has 3 N–H and O–H groups in total. The molecular formula is C13H14F3N3O. The highest BCUT2D eigenvalue weighted by atomic mass is 19.4. The van der Waals surface area contributed by atoms with Gasteiger partial charge in [-0.05, 0) is 24.6 Å². The molecule has 0 aromatic heterocycles. The van der Waals surface area contributed by atoms with Gasteiger partial charge in [0.25, 0.3) is 0 Å². The first-order valence-electron chi connectivity index (χ1n) is 5.95. The van der Waals surface area contributed by atoms with Crippen LogP contribution in [-0.4, -0.2) is 12.5 Å². The number of alkyl halides is 3. The van der Waals surface area contributed by atoms with Crippen molar-refractivity contribution in [3.05, 3.63) is 29.3 Å². The lowest BCUT2D eigenvalue weighted by Crippen LogP contribution is -2.29. The fourth-order valence-electron chi connectivity index (χ4n) is 1.62. The summed E-state index contributed by atoms with van der Waals surface area (Å²) in [7, 11) is 0. The first kappa shape index (κ1) is 16.0. The molecule has 0 bridgehead atoms. The number of carbonyl (C=O) groups excluding carboxylic acids is 1. The van der Waals surface area contributed by atoms with Crippen LogP contribution in [0.25, 0.3) is 0 Å². The summed E-state index contributed by atoms with van der Waals surface area (Å²) in [5, 5.41) is 11.3. The number of nitrogens with zero attached hydrogens (tertiary/aromatic N) is 1. The molecule has 0 radical (unpaired) electrons. The highest BCUT2D eigenvalue weighted by Gasteiger charge is 2.31. The highest BCUT2D eigenvalue weighted by molar-refractivity contribution is 5.94. The molecule has 0 spiro atoms. The second-order valence-corrected chi connectivity index (χ2v) is 4.20. The van der Waals surface area contributed by atoms with E-state index in [0.717, 1.165) is 12.1 Å². The van der Waals surface area contributed by atoms with Gasteiger partial charge < -0.3 is 11.1 Å². The van der Waals surface area contributed by atoms with Gasteiger partial charge in [0.15, 0.2) is 0 Å². The quantitative estimate of drug-likeness (QED) is 0.892. The summed E-state index contributed by atoms with van der Waals surface area (Å²) >= 11 is 0. The maximum Gasteiger partial charge on any atom is 0.416 e. The molecule has 0 aliphatic heterocycles. The zero-order valence-corrected chi connectivity index (χ0v) is 10.8. The van der Waals surface area contributed by atoms with Crippen LogP contribution < -0.4 is 11.1 Å². The molecule has 1 atom stereocenters. The molecule has 0 heterocycles. The molecule has 1 aromatic rings. The Bertz CT molecular complexity index is 531. The molecule has 0 saturated carbocycles. The van der Waals surface area contributed by atoms with Gasteiger partial charge in [-0.2, -0.15) is 18.4 Å². The summed E-state index contributed by atoms with van der Waals surface area (Å²) in [6, 6.07) is 4.24. The van der Waals surface area contributed by atoms with Crippen LogP contribution in [0.2, 0.25) is 0 Å². The van der Waals surface area contributed by atoms with E-state index in [1.54, 1.807) is 13.0 Å². The maximum atomic E-state index is 12.5. The minimum absolute atomic E-state index is 0.0531. The summed E-state index contributed by atoms with van der Waals surface area (Å²) in [6.07, 6.45) is -4.03. The summed E-state index contributed by atoms with van der Waals surface area (Å²) in [6.45, 7) is 1.90. The molecule has 0 aliphatic rings. The molecule has 7 heteroatoms. The van der Waals surface area contributed by atoms with Gasteiger partial charge in [0.1, 0.15) is 6.07 Å². The number of nitrogens with one attached hydrogen (secondary N) is 1. The average Bonchev–Trinajstić information content (AvgIpc) is 2.39. The lowest BCUT2D eigenvalue weighted by atomic mass is 10.0. The minimum atomic E-state index is -4.53. The smallest absolute Gasteiger partial charge is 0.330 e. The van der Waals surface area contributed by atoms with Gasteiger partial charge in [0.2, 0.25) is 5.91 Å². The SMILES string of the molecule is CCC(CN)C(=O)Nc1ccc(C(F)(F)F)cc1C#N. The van der Waals surface area contributed by atoms with Crippen LogP contribution in [0.15, 0.2) is 18.2 Å². The maximum absolute atomic E-state index is 12.5. The number of hydrogen-bond acceptors (Lipinski definition) is 3. The van der Waals surface area contributed by atoms with E-state index >= 15 is 0 Å². The van der Waals surface area contributed by atoms with Crippen molar-refractivity contribution in [3.8, 4) is 6.07 Å². The summed E-state index contributed by atoms with van der Waals surface area (Å²) in [4.78, 5) is 11.8. The number of halogens is 3. The van der Waals surface area contributed by atoms with Crippen molar-refractivity contribution >= 4 is 11.6 Å². The Balaban J connectivity index is 3.03. The van der Waals surface area contributed by atoms with Crippen molar-refractivity contribution in [1.29, 1.82) is 5.26 Å². The van der Waals surface area contributed by atoms with Crippen LogP contribution in [-0.2, 0) is 11.0 Å². The van der Waals surface area contributed by atoms with E-state index in [9.17, 15) is 18.0 Å². The van der Waals surface area contributed by atoms with Gasteiger partial charge in [-0.1, -0.05) is 6.92 Å². The molecule has 1 rings (SSSR count). The van der Waals surface area contributed by atoms with Crippen molar-refractivity contribution in [2.45, 2.75) is 19.5 Å². The third-order valence-electron chi connectivity index (χ3n) is 2.87. The Hall–Kier alpha value is -2.07. The van der Waals surface area contributed by atoms with E-state index in [0.29, 0.717) is 12.5 Å². The van der Waals surface area contributed by atoms with Gasteiger partial charge >= 0.3 is 6.18 Å². The van der Waals surface area contributed by atoms with Gasteiger partial charge in [0, 0.05) is 6.54 Å². The number of amides is 1. The van der Waals surface area contributed by atoms with Crippen molar-refractivity contribution in [2.24, 2.45) is 11.7 Å². The number of benzene rings is 1. The largest absolute Gasteiger partial charge is 0.416 e. The average molecular weight is 285 g/mol. The third-order valence-corrected chi connectivity index (χ3v) is 2.87. The summed E-state index contributed by atoms with van der Waals surface area (Å²) in [5.74, 6) is -0.852. The Morgan fingerprint density at radius 2 is 2.15 bits per heavy atom. The Kier molecular flexibility index (Phi) is 5.11. The van der Waals surface area contributed by atoms with Gasteiger partial charge in [0.05, 0.1) is 22.7 Å². The second kappa shape index (κ2) is 6.39. The molecule has 1 unspecified atom stereocenters. The van der Waals surface area contributed by atoms with Crippen LogP contribution in [0.3, 0.4) is 0 Å². The Morgan fingerprint density at radius 1 is 1.50 bits per heavy atom. The Labute approximate surface area is 114 Å². The molecule has 108 valence electrons. The fourth-order valence-corrected chi connectivity index (χ4v) is 1.62. The number of anilines is 1. The first-order valence-corrected chi connectivity index (χ1v) is 5.95. The molecule has 0 saturated heterocycles. The van der Waals surface area contributed by atoms with E-state index in [1.165, 1.54) is 0 Å². The zero-order chi connectivity index (χ0) is 15.3. The van der Waals surface area contributed by atoms with Crippen molar-refractivity contribution in [3.63, 3.8) is 0 Å². The lowest BCUT2D eigenvalue weighted by Gasteiger charge is -2.14. The zero-order valence-electron chi connectivity index (χ0n) is 10.8. The van der Waals surface area contributed by atoms with Crippen LogP contribution in [0, 0.1) is 17.2 Å². The van der Waals surface area contributed by atoms with Crippen LogP contribution in [0.5, 0.6) is 0 Å². The molecule has 0 fully saturated rings. The summed E-state index contributed by atoms with van der Waals surface area (Å²) < 4.78 is 37.6. The van der Waals surface area contributed by atoms with Crippen molar-refractivity contribution < 1.29 is 18.0 Å². The minimum Gasteiger partial charge on any atom is -0.330 e. The van der Waals surface area contributed by atoms with Crippen LogP contribution in [0.1, 0.15) is 24.5 Å². The topological polar surface area (TPSA) is 78.9 Å². The van der Waals surface area contributed by atoms with Crippen LogP contribution >= 0.6 is 0 Å². The number of nitrogens with two attached hydrogens (primary N) is 1. The fraction of sp³-hybridized carbons (Fsp3) is 0.385. The highest BCUT2D eigenvalue weighted by Crippen LogP contribution is 2.31. The first-order chi connectivity index (χ1) is 9.33. The van der Waals surface area contributed by atoms with E-state index < -0.39 is 23.6 Å². The molecular weight excluding hydrogens is 271 g/mol. The van der Waals surface area contributed by atoms with Gasteiger partial charge in [-0.25, -0.2) is 0 Å². The number of rotatable bonds is 4. The van der Waals surface area contributed by atoms with E-state index in [-0.39, 0.29) is 17.8 Å². The van der Waals surface area contributed by atoms with E-state index in [2.05, 4.69) is 5.32 Å². The molecule has 1 amide bonds. The molecule has 20 heavy (non-hydrogen) atoms. The molecule has 0 aliphatic carbocycles. The van der Waals surface area contributed by atoms with E-state index in [1.807, 2.05) is 0 Å². The predicted octanol–water partition coefficient (Wildman–Crippen LogP) is 2.50. The molecule has 4 nitrogen and oxygen atoms in total. The van der Waals surface area contributed by atoms with Crippen molar-refractivity contribution in [1.82, 2.24) is 0 Å². The standard InChI is InChI=1S/C13H14F3N3O/c1-2-8(6-17)12(20)19-11-4-3-10(13(14,15)16)5-9(11)7-18/h3-5,8H,2,6,17H2,1H3,(H,19,20). The second-order valence-electron chi connectivity index (χ2n) is 4.20. The monoisotopic (exact) mass is 285 g/mol. The van der Waals surface area contributed by atoms with Gasteiger partial charge in [-0.3, -0.25) is 4.79 Å². The van der Waals surface area contributed by atoms with Crippen LogP contribution in [0.4, 0.5) is 18.9 Å². The van der Waals surface area contributed by atoms with Gasteiger partial charge in [-0.15, -0.1) is 0 Å². The normalized spacial score (nSPS) is 12.6. The number of nitriles is 1. The third kappa shape index (κ3) is 3.71. The number of hydrogen-bond donors (Lipinski definition) is 2. The van der Waals surface area contributed by atoms with Crippen molar-refractivity contribution in [2.75, 3.05) is 11.9 Å². The lowest BCUT2D eigenvalue weighted by molar-refractivity contribution is -0.137. The van der Waals surface area contributed by atoms with E-state index in [4.69, 9.17) is 11.0 Å². The molecule has 1 aromatic carbocycles. The summed E-state index contributed by atoms with van der Waals surface area (Å²) in [5.41, 5.74) is 4.30. The number of carbonyl (C=O) groups is 1. The Morgan fingerprint density at radius 3 is 2.60 bits per heavy atom.